The highest BCUT2D eigenvalue weighted by molar-refractivity contribution is 7.92. The van der Waals surface area contributed by atoms with Crippen LogP contribution >= 0.6 is 0 Å². The van der Waals surface area contributed by atoms with E-state index in [1.165, 1.54) is 6.33 Å². The lowest BCUT2D eigenvalue weighted by Gasteiger charge is -2.30. The molecule has 2 unspecified atom stereocenters. The molecule has 20 heavy (non-hydrogen) atoms. The summed E-state index contributed by atoms with van der Waals surface area (Å²) >= 11 is 0. The quantitative estimate of drug-likeness (QED) is 0.836. The Morgan fingerprint density at radius 2 is 2.30 bits per heavy atom. The number of nitrogens with zero attached hydrogens (tertiary/aromatic N) is 3. The van der Waals surface area contributed by atoms with Gasteiger partial charge in [0, 0.05) is 19.5 Å². The Morgan fingerprint density at radius 3 is 2.90 bits per heavy atom. The molecule has 0 aromatic carbocycles. The van der Waals surface area contributed by atoms with Gasteiger partial charge in [-0.3, -0.25) is 4.68 Å². The smallest absolute Gasteiger partial charge is 0.154 e. The zero-order chi connectivity index (χ0) is 14.6. The standard InChI is InChI=1S/C13H24N4O2S/c1-3-7-14-11(9-13-15-10-16-17(13)2)12-6-4-5-8-20(12,18)19/h10-12,14H,3-9H2,1-2H3. The van der Waals surface area contributed by atoms with Crippen LogP contribution in [0.3, 0.4) is 0 Å². The first-order chi connectivity index (χ1) is 9.54. The summed E-state index contributed by atoms with van der Waals surface area (Å²) in [5, 5.41) is 7.17. The van der Waals surface area contributed by atoms with Gasteiger partial charge >= 0.3 is 0 Å². The van der Waals surface area contributed by atoms with Crippen LogP contribution in [0.4, 0.5) is 0 Å². The maximum absolute atomic E-state index is 12.3. The first-order valence-corrected chi connectivity index (χ1v) is 9.04. The predicted octanol–water partition coefficient (Wildman–Crippen LogP) is 0.693. The molecule has 1 aliphatic heterocycles. The van der Waals surface area contributed by atoms with Crippen LogP contribution < -0.4 is 5.32 Å². The van der Waals surface area contributed by atoms with E-state index in [2.05, 4.69) is 22.3 Å². The van der Waals surface area contributed by atoms with E-state index in [0.717, 1.165) is 38.1 Å². The number of hydrogen-bond acceptors (Lipinski definition) is 5. The number of rotatable bonds is 6. The van der Waals surface area contributed by atoms with Gasteiger partial charge in [0.1, 0.15) is 12.2 Å². The normalized spacial score (nSPS) is 23.6. The largest absolute Gasteiger partial charge is 0.312 e. The number of nitrogens with one attached hydrogen (secondary N) is 1. The molecular weight excluding hydrogens is 276 g/mol. The number of aryl methyl sites for hydroxylation is 1. The zero-order valence-corrected chi connectivity index (χ0v) is 13.1. The van der Waals surface area contributed by atoms with E-state index in [4.69, 9.17) is 0 Å². The maximum Gasteiger partial charge on any atom is 0.154 e. The lowest BCUT2D eigenvalue weighted by Crippen LogP contribution is -2.48. The first-order valence-electron chi connectivity index (χ1n) is 7.32. The third-order valence-corrected chi connectivity index (χ3v) is 6.29. The van der Waals surface area contributed by atoms with Gasteiger partial charge in [-0.2, -0.15) is 5.10 Å². The van der Waals surface area contributed by atoms with Crippen molar-refractivity contribution in [1.29, 1.82) is 0 Å². The van der Waals surface area contributed by atoms with Gasteiger partial charge in [-0.05, 0) is 25.8 Å². The van der Waals surface area contributed by atoms with Crippen molar-refractivity contribution in [1.82, 2.24) is 20.1 Å². The molecule has 1 aromatic rings. The van der Waals surface area contributed by atoms with Crippen LogP contribution in [0.5, 0.6) is 0 Å². The maximum atomic E-state index is 12.3. The third-order valence-electron chi connectivity index (χ3n) is 3.94. The zero-order valence-electron chi connectivity index (χ0n) is 12.2. The van der Waals surface area contributed by atoms with Gasteiger partial charge in [-0.25, -0.2) is 13.4 Å². The minimum Gasteiger partial charge on any atom is -0.312 e. The Hall–Kier alpha value is -0.950. The van der Waals surface area contributed by atoms with Crippen molar-refractivity contribution in [2.75, 3.05) is 12.3 Å². The molecule has 0 aliphatic carbocycles. The molecule has 1 aliphatic rings. The van der Waals surface area contributed by atoms with Crippen LogP contribution in [0, 0.1) is 0 Å². The van der Waals surface area contributed by atoms with Crippen LogP contribution in [0.2, 0.25) is 0 Å². The summed E-state index contributed by atoms with van der Waals surface area (Å²) in [6.45, 7) is 2.91. The van der Waals surface area contributed by atoms with Crippen LogP contribution in [-0.4, -0.2) is 46.8 Å². The van der Waals surface area contributed by atoms with Gasteiger partial charge in [0.2, 0.25) is 0 Å². The highest BCUT2D eigenvalue weighted by Gasteiger charge is 2.35. The van der Waals surface area contributed by atoms with Crippen LogP contribution in [0.25, 0.3) is 0 Å². The Balaban J connectivity index is 2.16. The first kappa shape index (κ1) is 15.4. The highest BCUT2D eigenvalue weighted by atomic mass is 32.2. The summed E-state index contributed by atoms with van der Waals surface area (Å²) in [6.07, 6.45) is 5.65. The van der Waals surface area contributed by atoms with E-state index in [0.29, 0.717) is 12.2 Å². The molecule has 1 N–H and O–H groups in total. The highest BCUT2D eigenvalue weighted by Crippen LogP contribution is 2.24. The van der Waals surface area contributed by atoms with Gasteiger partial charge in [0.15, 0.2) is 9.84 Å². The molecule has 0 amide bonds. The van der Waals surface area contributed by atoms with Crippen LogP contribution in [0.1, 0.15) is 38.4 Å². The molecule has 2 heterocycles. The van der Waals surface area contributed by atoms with Gasteiger partial charge in [0.25, 0.3) is 0 Å². The minimum absolute atomic E-state index is 0.0665. The molecule has 1 aromatic heterocycles. The molecule has 6 nitrogen and oxygen atoms in total. The third kappa shape index (κ3) is 3.58. The summed E-state index contributed by atoms with van der Waals surface area (Å²) in [6, 6.07) is -0.0665. The molecule has 0 saturated carbocycles. The molecule has 1 saturated heterocycles. The fraction of sp³-hybridized carbons (Fsp3) is 0.846. The van der Waals surface area contributed by atoms with E-state index in [1.54, 1.807) is 4.68 Å². The SMILES string of the molecule is CCCNC(Cc1ncnn1C)C1CCCCS1(=O)=O. The van der Waals surface area contributed by atoms with E-state index in [1.807, 2.05) is 7.05 Å². The van der Waals surface area contributed by atoms with E-state index >= 15 is 0 Å². The van der Waals surface area contributed by atoms with Gasteiger partial charge < -0.3 is 5.32 Å². The molecule has 114 valence electrons. The van der Waals surface area contributed by atoms with Crippen molar-refractivity contribution in [3.63, 3.8) is 0 Å². The summed E-state index contributed by atoms with van der Waals surface area (Å²) in [7, 11) is -1.15. The Labute approximate surface area is 120 Å². The molecular formula is C13H24N4O2S. The monoisotopic (exact) mass is 300 g/mol. The fourth-order valence-corrected chi connectivity index (χ4v) is 4.93. The molecule has 2 rings (SSSR count). The van der Waals surface area contributed by atoms with Crippen molar-refractivity contribution < 1.29 is 8.42 Å². The molecule has 7 heteroatoms. The lowest BCUT2D eigenvalue weighted by molar-refractivity contribution is 0.424. The minimum atomic E-state index is -2.99. The number of hydrogen-bond donors (Lipinski definition) is 1. The van der Waals surface area contributed by atoms with E-state index in [9.17, 15) is 8.42 Å². The van der Waals surface area contributed by atoms with Crippen molar-refractivity contribution in [2.45, 2.75) is 50.3 Å². The molecule has 1 fully saturated rings. The lowest BCUT2D eigenvalue weighted by atomic mass is 10.0. The average molecular weight is 300 g/mol. The van der Waals surface area contributed by atoms with Crippen molar-refractivity contribution >= 4 is 9.84 Å². The summed E-state index contributed by atoms with van der Waals surface area (Å²) in [4.78, 5) is 4.22. The van der Waals surface area contributed by atoms with Crippen molar-refractivity contribution in [3.05, 3.63) is 12.2 Å². The summed E-state index contributed by atoms with van der Waals surface area (Å²) in [5.74, 6) is 1.15. The van der Waals surface area contributed by atoms with E-state index < -0.39 is 9.84 Å². The Kier molecular flexibility index (Phi) is 5.15. The predicted molar refractivity (Wildman–Crippen MR) is 78.2 cm³/mol. The second kappa shape index (κ2) is 6.67. The topological polar surface area (TPSA) is 76.9 Å². The molecule has 0 bridgehead atoms. The Bertz CT molecular complexity index is 526. The summed E-state index contributed by atoms with van der Waals surface area (Å²) < 4.78 is 26.4. The number of aromatic nitrogens is 3. The van der Waals surface area contributed by atoms with Crippen LogP contribution in [-0.2, 0) is 23.3 Å². The van der Waals surface area contributed by atoms with Gasteiger partial charge in [-0.1, -0.05) is 13.3 Å². The van der Waals surface area contributed by atoms with Crippen molar-refractivity contribution in [3.8, 4) is 0 Å². The number of sulfone groups is 1. The molecule has 2 atom stereocenters. The molecule has 0 radical (unpaired) electrons. The van der Waals surface area contributed by atoms with Crippen LogP contribution in [0.15, 0.2) is 6.33 Å². The van der Waals surface area contributed by atoms with Crippen molar-refractivity contribution in [2.24, 2.45) is 7.05 Å². The second-order valence-electron chi connectivity index (χ2n) is 5.47. The summed E-state index contributed by atoms with van der Waals surface area (Å²) in [5.41, 5.74) is 0. The fourth-order valence-electron chi connectivity index (χ4n) is 2.80. The average Bonchev–Trinajstić information content (AvgIpc) is 2.80. The second-order valence-corrected chi connectivity index (χ2v) is 7.81. The van der Waals surface area contributed by atoms with E-state index in [-0.39, 0.29) is 11.3 Å². The van der Waals surface area contributed by atoms with Gasteiger partial charge in [-0.15, -0.1) is 0 Å². The molecule has 0 spiro atoms. The van der Waals surface area contributed by atoms with Gasteiger partial charge in [0.05, 0.1) is 11.0 Å². The Morgan fingerprint density at radius 1 is 1.50 bits per heavy atom.